The van der Waals surface area contributed by atoms with Gasteiger partial charge < -0.3 is 15.0 Å². The number of rotatable bonds is 10. The van der Waals surface area contributed by atoms with Crippen LogP contribution >= 0.6 is 0 Å². The molecule has 2 aromatic carbocycles. The van der Waals surface area contributed by atoms with Crippen LogP contribution in [-0.2, 0) is 14.3 Å². The minimum atomic E-state index is -0.289. The summed E-state index contributed by atoms with van der Waals surface area (Å²) in [5.41, 5.74) is 2.72. The van der Waals surface area contributed by atoms with Gasteiger partial charge in [0.2, 0.25) is 5.91 Å². The van der Waals surface area contributed by atoms with Crippen LogP contribution in [0, 0.1) is 5.92 Å². The van der Waals surface area contributed by atoms with Crippen LogP contribution < -0.4 is 15.9 Å². The molecule has 9 nitrogen and oxygen atoms in total. The second-order valence-electron chi connectivity index (χ2n) is 9.37. The maximum Gasteiger partial charge on any atom is 0.350 e. The molecular weight excluding hydrogens is 470 g/mol. The van der Waals surface area contributed by atoms with Crippen LogP contribution in [0.3, 0.4) is 0 Å². The van der Waals surface area contributed by atoms with Gasteiger partial charge in [-0.1, -0.05) is 30.3 Å². The number of ether oxygens (including phenoxy) is 1. The van der Waals surface area contributed by atoms with E-state index in [0.717, 1.165) is 42.9 Å². The Bertz CT molecular complexity index is 1230. The van der Waals surface area contributed by atoms with Crippen molar-refractivity contribution in [2.45, 2.75) is 45.6 Å². The Balaban J connectivity index is 1.28. The molecule has 37 heavy (non-hydrogen) atoms. The Morgan fingerprint density at radius 3 is 2.41 bits per heavy atom. The Labute approximate surface area is 217 Å². The van der Waals surface area contributed by atoms with Gasteiger partial charge in [-0.15, -0.1) is 0 Å². The van der Waals surface area contributed by atoms with E-state index in [4.69, 9.17) is 4.74 Å². The van der Waals surface area contributed by atoms with Crippen LogP contribution in [0.5, 0.6) is 0 Å². The summed E-state index contributed by atoms with van der Waals surface area (Å²) in [5, 5.41) is 7.17. The van der Waals surface area contributed by atoms with E-state index in [1.807, 2.05) is 61.5 Å². The monoisotopic (exact) mass is 505 g/mol. The standard InChI is InChI=1S/C28H35N5O4/c1-3-37-27(35)13-16-29-26(34)19-22-14-17-31(18-15-22)24-9-11-25(12-10-24)32-20-30-33(28(32)36)21(2)23-7-5-4-6-8-23/h4-12,20-22H,3,13-19H2,1-2H3,(H,29,34). The summed E-state index contributed by atoms with van der Waals surface area (Å²) >= 11 is 0. The Morgan fingerprint density at radius 1 is 1.05 bits per heavy atom. The molecule has 0 aliphatic carbocycles. The summed E-state index contributed by atoms with van der Waals surface area (Å²) in [7, 11) is 0. The Morgan fingerprint density at radius 2 is 1.73 bits per heavy atom. The van der Waals surface area contributed by atoms with Crippen molar-refractivity contribution in [3.63, 3.8) is 0 Å². The highest BCUT2D eigenvalue weighted by Crippen LogP contribution is 2.26. The zero-order chi connectivity index (χ0) is 26.2. The Kier molecular flexibility index (Phi) is 8.77. The molecule has 4 rings (SSSR count). The first-order chi connectivity index (χ1) is 18.0. The van der Waals surface area contributed by atoms with Gasteiger partial charge in [0, 0.05) is 31.7 Å². The van der Waals surface area contributed by atoms with E-state index in [1.165, 1.54) is 4.68 Å². The van der Waals surface area contributed by atoms with Crippen molar-refractivity contribution in [2.24, 2.45) is 5.92 Å². The first-order valence-electron chi connectivity index (χ1n) is 12.9. The molecular formula is C28H35N5O4. The fourth-order valence-electron chi connectivity index (χ4n) is 4.72. The lowest BCUT2D eigenvalue weighted by Gasteiger charge is -2.33. The summed E-state index contributed by atoms with van der Waals surface area (Å²) in [6, 6.07) is 17.6. The molecule has 1 N–H and O–H groups in total. The lowest BCUT2D eigenvalue weighted by atomic mass is 9.93. The van der Waals surface area contributed by atoms with Crippen LogP contribution in [-0.4, -0.2) is 52.5 Å². The molecule has 196 valence electrons. The second-order valence-corrected chi connectivity index (χ2v) is 9.37. The van der Waals surface area contributed by atoms with E-state index < -0.39 is 0 Å². The molecule has 1 fully saturated rings. The molecule has 1 aliphatic rings. The van der Waals surface area contributed by atoms with E-state index >= 15 is 0 Å². The van der Waals surface area contributed by atoms with E-state index in [-0.39, 0.29) is 30.0 Å². The fourth-order valence-corrected chi connectivity index (χ4v) is 4.72. The van der Waals surface area contributed by atoms with Crippen molar-refractivity contribution in [3.05, 3.63) is 77.0 Å². The molecule has 0 radical (unpaired) electrons. The average molecular weight is 506 g/mol. The molecule has 1 saturated heterocycles. The first kappa shape index (κ1) is 26.2. The van der Waals surface area contributed by atoms with Crippen molar-refractivity contribution in [3.8, 4) is 5.69 Å². The highest BCUT2D eigenvalue weighted by atomic mass is 16.5. The summed E-state index contributed by atoms with van der Waals surface area (Å²) in [6.45, 7) is 6.13. The number of hydrogen-bond donors (Lipinski definition) is 1. The number of carbonyl (C=O) groups excluding carboxylic acids is 2. The van der Waals surface area contributed by atoms with E-state index in [2.05, 4.69) is 15.3 Å². The minimum absolute atomic E-state index is 0.0142. The largest absolute Gasteiger partial charge is 0.466 e. The summed E-state index contributed by atoms with van der Waals surface area (Å²) < 4.78 is 7.94. The number of benzene rings is 2. The molecule has 2 heterocycles. The van der Waals surface area contributed by atoms with Gasteiger partial charge in [0.15, 0.2) is 0 Å². The average Bonchev–Trinajstić information content (AvgIpc) is 3.30. The van der Waals surface area contributed by atoms with Crippen molar-refractivity contribution in [1.29, 1.82) is 0 Å². The first-order valence-corrected chi connectivity index (χ1v) is 12.9. The van der Waals surface area contributed by atoms with E-state index in [0.29, 0.717) is 25.5 Å². The third kappa shape index (κ3) is 6.67. The third-order valence-electron chi connectivity index (χ3n) is 6.88. The number of hydrogen-bond acceptors (Lipinski definition) is 6. The van der Waals surface area contributed by atoms with Crippen molar-refractivity contribution >= 4 is 17.6 Å². The predicted molar refractivity (Wildman–Crippen MR) is 142 cm³/mol. The normalized spacial score (nSPS) is 14.8. The number of carbonyl (C=O) groups is 2. The maximum atomic E-state index is 13.0. The number of nitrogens with one attached hydrogen (secondary N) is 1. The van der Waals surface area contributed by atoms with Crippen molar-refractivity contribution in [1.82, 2.24) is 19.7 Å². The van der Waals surface area contributed by atoms with Gasteiger partial charge in [-0.05, 0) is 62.4 Å². The van der Waals surface area contributed by atoms with Gasteiger partial charge in [0.05, 0.1) is 24.8 Å². The third-order valence-corrected chi connectivity index (χ3v) is 6.88. The van der Waals surface area contributed by atoms with Crippen LogP contribution in [0.25, 0.3) is 5.69 Å². The van der Waals surface area contributed by atoms with Gasteiger partial charge in [0.1, 0.15) is 6.33 Å². The Hall–Kier alpha value is -3.88. The number of anilines is 1. The number of amides is 1. The molecule has 3 aromatic rings. The molecule has 1 aromatic heterocycles. The van der Waals surface area contributed by atoms with Gasteiger partial charge in [-0.3, -0.25) is 9.59 Å². The summed E-state index contributed by atoms with van der Waals surface area (Å²) in [4.78, 5) is 38.9. The van der Waals surface area contributed by atoms with Gasteiger partial charge in [0.25, 0.3) is 0 Å². The summed E-state index contributed by atoms with van der Waals surface area (Å²) in [6.07, 6.45) is 4.10. The fraction of sp³-hybridized carbons (Fsp3) is 0.429. The minimum Gasteiger partial charge on any atom is -0.466 e. The SMILES string of the molecule is CCOC(=O)CCNC(=O)CC1CCN(c2ccc(-n3cnn(C(C)c4ccccc4)c3=O)cc2)CC1. The maximum absolute atomic E-state index is 13.0. The van der Waals surface area contributed by atoms with E-state index in [9.17, 15) is 14.4 Å². The van der Waals surface area contributed by atoms with Gasteiger partial charge >= 0.3 is 11.7 Å². The molecule has 0 bridgehead atoms. The van der Waals surface area contributed by atoms with Crippen LogP contribution in [0.1, 0.15) is 51.1 Å². The summed E-state index contributed by atoms with van der Waals surface area (Å²) in [5.74, 6) is 0.0244. The molecule has 1 amide bonds. The zero-order valence-corrected chi connectivity index (χ0v) is 21.5. The highest BCUT2D eigenvalue weighted by molar-refractivity contribution is 5.77. The van der Waals surface area contributed by atoms with Crippen molar-refractivity contribution in [2.75, 3.05) is 31.1 Å². The molecule has 1 unspecified atom stereocenters. The number of aromatic nitrogens is 3. The van der Waals surface area contributed by atoms with Crippen molar-refractivity contribution < 1.29 is 14.3 Å². The molecule has 9 heteroatoms. The van der Waals surface area contributed by atoms with Gasteiger partial charge in [-0.2, -0.15) is 5.10 Å². The lowest BCUT2D eigenvalue weighted by molar-refractivity contribution is -0.143. The van der Waals surface area contributed by atoms with Crippen LogP contribution in [0.15, 0.2) is 65.7 Å². The topological polar surface area (TPSA) is 98.5 Å². The predicted octanol–water partition coefficient (Wildman–Crippen LogP) is 3.32. The number of nitrogens with zero attached hydrogens (tertiary/aromatic N) is 4. The molecule has 1 atom stereocenters. The molecule has 1 aliphatic heterocycles. The zero-order valence-electron chi connectivity index (χ0n) is 21.5. The molecule has 0 spiro atoms. The molecule has 0 saturated carbocycles. The number of piperidine rings is 1. The highest BCUT2D eigenvalue weighted by Gasteiger charge is 2.22. The van der Waals surface area contributed by atoms with Crippen LogP contribution in [0.4, 0.5) is 5.69 Å². The number of esters is 1. The smallest absolute Gasteiger partial charge is 0.350 e. The second kappa shape index (κ2) is 12.4. The van der Waals surface area contributed by atoms with Gasteiger partial charge in [-0.25, -0.2) is 14.0 Å². The quantitative estimate of drug-likeness (QED) is 0.425. The van der Waals surface area contributed by atoms with E-state index in [1.54, 1.807) is 17.8 Å². The van der Waals surface area contributed by atoms with Crippen LogP contribution in [0.2, 0.25) is 0 Å². The lowest BCUT2D eigenvalue weighted by Crippen LogP contribution is -2.36.